The van der Waals surface area contributed by atoms with E-state index in [4.69, 9.17) is 11.6 Å². The predicted molar refractivity (Wildman–Crippen MR) is 76.4 cm³/mol. The summed E-state index contributed by atoms with van der Waals surface area (Å²) in [6.07, 6.45) is 0. The Morgan fingerprint density at radius 2 is 1.70 bits per heavy atom. The van der Waals surface area contributed by atoms with Gasteiger partial charge < -0.3 is 5.32 Å². The molecule has 0 aromatic heterocycles. The topological polar surface area (TPSA) is 12.0 Å². The normalized spacial score (nSPS) is 12.5. The van der Waals surface area contributed by atoms with Gasteiger partial charge in [0.1, 0.15) is 5.82 Å². The fourth-order valence-corrected chi connectivity index (χ4v) is 2.46. The van der Waals surface area contributed by atoms with Crippen LogP contribution in [0.3, 0.4) is 0 Å². The zero-order chi connectivity index (χ0) is 14.9. The maximum Gasteiger partial charge on any atom is 0.160 e. The Labute approximate surface area is 127 Å². The zero-order valence-corrected chi connectivity index (χ0v) is 12.7. The van der Waals surface area contributed by atoms with Gasteiger partial charge in [-0.15, -0.1) is 0 Å². The highest BCUT2D eigenvalue weighted by Gasteiger charge is 2.19. The van der Waals surface area contributed by atoms with Crippen LogP contribution in [0.4, 0.5) is 13.2 Å². The Kier molecular flexibility index (Phi) is 4.73. The van der Waals surface area contributed by atoms with Crippen LogP contribution in [0.25, 0.3) is 0 Å². The van der Waals surface area contributed by atoms with E-state index >= 15 is 0 Å². The third kappa shape index (κ3) is 3.00. The summed E-state index contributed by atoms with van der Waals surface area (Å²) in [5, 5.41) is 2.99. The van der Waals surface area contributed by atoms with E-state index in [1.54, 1.807) is 19.2 Å². The second kappa shape index (κ2) is 6.16. The minimum Gasteiger partial charge on any atom is -0.309 e. The monoisotopic (exact) mass is 363 g/mol. The summed E-state index contributed by atoms with van der Waals surface area (Å²) < 4.78 is 40.4. The fraction of sp³-hybridized carbons (Fsp3) is 0.143. The van der Waals surface area contributed by atoms with Crippen molar-refractivity contribution in [2.45, 2.75) is 6.04 Å². The lowest BCUT2D eigenvalue weighted by Gasteiger charge is -2.19. The molecule has 0 bridgehead atoms. The molecule has 0 amide bonds. The first-order valence-corrected chi connectivity index (χ1v) is 6.87. The summed E-state index contributed by atoms with van der Waals surface area (Å²) in [5.74, 6) is -2.46. The first-order chi connectivity index (χ1) is 9.43. The van der Waals surface area contributed by atoms with Crippen LogP contribution < -0.4 is 5.32 Å². The highest BCUT2D eigenvalue weighted by Crippen LogP contribution is 2.31. The molecule has 0 aliphatic carbocycles. The van der Waals surface area contributed by atoms with E-state index in [1.807, 2.05) is 0 Å². The minimum absolute atomic E-state index is 0.0755. The van der Waals surface area contributed by atoms with Crippen LogP contribution >= 0.6 is 27.5 Å². The quantitative estimate of drug-likeness (QED) is 0.769. The predicted octanol–water partition coefficient (Wildman–Crippen LogP) is 4.83. The average molecular weight is 365 g/mol. The van der Waals surface area contributed by atoms with Crippen LogP contribution in [-0.2, 0) is 0 Å². The molecule has 0 heterocycles. The van der Waals surface area contributed by atoms with Crippen molar-refractivity contribution in [3.05, 3.63) is 68.4 Å². The third-order valence-corrected chi connectivity index (χ3v) is 3.89. The number of hydrogen-bond acceptors (Lipinski definition) is 1. The number of halogens is 5. The molecular weight excluding hydrogens is 355 g/mol. The number of nitrogens with one attached hydrogen (secondary N) is 1. The molecule has 1 N–H and O–H groups in total. The van der Waals surface area contributed by atoms with Gasteiger partial charge in [-0.3, -0.25) is 0 Å². The average Bonchev–Trinajstić information content (AvgIpc) is 2.40. The molecular formula is C14H10BrClF3N. The van der Waals surface area contributed by atoms with Crippen LogP contribution in [0.2, 0.25) is 5.02 Å². The number of benzene rings is 2. The fourth-order valence-electron chi connectivity index (χ4n) is 1.95. The van der Waals surface area contributed by atoms with Crippen molar-refractivity contribution in [1.29, 1.82) is 0 Å². The molecule has 1 unspecified atom stereocenters. The highest BCUT2D eigenvalue weighted by atomic mass is 79.9. The van der Waals surface area contributed by atoms with Gasteiger partial charge in [-0.2, -0.15) is 0 Å². The lowest BCUT2D eigenvalue weighted by atomic mass is 9.98. The van der Waals surface area contributed by atoms with E-state index in [0.29, 0.717) is 15.6 Å². The van der Waals surface area contributed by atoms with Crippen molar-refractivity contribution in [2.24, 2.45) is 0 Å². The molecule has 20 heavy (non-hydrogen) atoms. The van der Waals surface area contributed by atoms with Crippen molar-refractivity contribution >= 4 is 27.5 Å². The van der Waals surface area contributed by atoms with Gasteiger partial charge in [0.2, 0.25) is 0 Å². The molecule has 1 nitrogen and oxygen atoms in total. The van der Waals surface area contributed by atoms with Crippen LogP contribution in [0.1, 0.15) is 17.2 Å². The first-order valence-electron chi connectivity index (χ1n) is 5.70. The van der Waals surface area contributed by atoms with Crippen LogP contribution in [0.5, 0.6) is 0 Å². The van der Waals surface area contributed by atoms with Gasteiger partial charge in [-0.25, -0.2) is 13.2 Å². The largest absolute Gasteiger partial charge is 0.309 e. The zero-order valence-electron chi connectivity index (χ0n) is 10.4. The second-order valence-electron chi connectivity index (χ2n) is 4.18. The lowest BCUT2D eigenvalue weighted by molar-refractivity contribution is 0.505. The Bertz CT molecular complexity index is 649. The van der Waals surface area contributed by atoms with Crippen molar-refractivity contribution < 1.29 is 13.2 Å². The van der Waals surface area contributed by atoms with Gasteiger partial charge in [0.15, 0.2) is 11.6 Å². The molecule has 0 saturated carbocycles. The smallest absolute Gasteiger partial charge is 0.160 e. The standard InChI is InChI=1S/C14H10BrClF3N/c1-20-14(7-2-3-9(15)11(17)4-7)8-5-12(18)13(19)6-10(8)16/h2-6,14,20H,1H3. The van der Waals surface area contributed by atoms with Crippen molar-refractivity contribution in [3.63, 3.8) is 0 Å². The second-order valence-corrected chi connectivity index (χ2v) is 5.44. The molecule has 0 saturated heterocycles. The van der Waals surface area contributed by atoms with E-state index in [0.717, 1.165) is 12.1 Å². The van der Waals surface area contributed by atoms with Crippen LogP contribution in [-0.4, -0.2) is 7.05 Å². The van der Waals surface area contributed by atoms with Crippen molar-refractivity contribution in [2.75, 3.05) is 7.05 Å². The molecule has 2 aromatic rings. The molecule has 0 fully saturated rings. The van der Waals surface area contributed by atoms with E-state index in [1.165, 1.54) is 6.07 Å². The molecule has 6 heteroatoms. The Morgan fingerprint density at radius 1 is 1.05 bits per heavy atom. The minimum atomic E-state index is -1.02. The molecule has 0 spiro atoms. The maximum absolute atomic E-state index is 13.6. The van der Waals surface area contributed by atoms with E-state index in [2.05, 4.69) is 21.2 Å². The number of rotatable bonds is 3. The Morgan fingerprint density at radius 3 is 2.30 bits per heavy atom. The lowest BCUT2D eigenvalue weighted by Crippen LogP contribution is -2.18. The van der Waals surface area contributed by atoms with Gasteiger partial charge in [0, 0.05) is 5.02 Å². The summed E-state index contributed by atoms with van der Waals surface area (Å²) in [7, 11) is 1.63. The summed E-state index contributed by atoms with van der Waals surface area (Å²) >= 11 is 9.01. The SMILES string of the molecule is CNC(c1ccc(Br)c(F)c1)c1cc(F)c(F)cc1Cl. The summed E-state index contributed by atoms with van der Waals surface area (Å²) in [5.41, 5.74) is 0.899. The molecule has 0 aliphatic rings. The van der Waals surface area contributed by atoms with Gasteiger partial charge in [-0.05, 0) is 58.4 Å². The van der Waals surface area contributed by atoms with Crippen LogP contribution in [0.15, 0.2) is 34.8 Å². The van der Waals surface area contributed by atoms with Gasteiger partial charge in [0.05, 0.1) is 10.5 Å². The summed E-state index contributed by atoms with van der Waals surface area (Å²) in [4.78, 5) is 0. The van der Waals surface area contributed by atoms with E-state index < -0.39 is 23.5 Å². The summed E-state index contributed by atoms with van der Waals surface area (Å²) in [6.45, 7) is 0. The van der Waals surface area contributed by atoms with E-state index in [9.17, 15) is 13.2 Å². The Balaban J connectivity index is 2.52. The third-order valence-electron chi connectivity index (χ3n) is 2.92. The van der Waals surface area contributed by atoms with Crippen LogP contribution in [0, 0.1) is 17.5 Å². The van der Waals surface area contributed by atoms with Crippen molar-refractivity contribution in [3.8, 4) is 0 Å². The van der Waals surface area contributed by atoms with Crippen molar-refractivity contribution in [1.82, 2.24) is 5.32 Å². The van der Waals surface area contributed by atoms with Gasteiger partial charge in [-0.1, -0.05) is 17.7 Å². The van der Waals surface area contributed by atoms with Gasteiger partial charge in [0.25, 0.3) is 0 Å². The molecule has 0 radical (unpaired) electrons. The molecule has 1 atom stereocenters. The Hall–Kier alpha value is -1.04. The van der Waals surface area contributed by atoms with E-state index in [-0.39, 0.29) is 5.02 Å². The molecule has 2 aromatic carbocycles. The molecule has 0 aliphatic heterocycles. The molecule has 2 rings (SSSR count). The van der Waals surface area contributed by atoms with Gasteiger partial charge >= 0.3 is 0 Å². The highest BCUT2D eigenvalue weighted by molar-refractivity contribution is 9.10. The number of hydrogen-bond donors (Lipinski definition) is 1. The first kappa shape index (κ1) is 15.4. The summed E-state index contributed by atoms with van der Waals surface area (Å²) in [6, 6.07) is 5.91. The molecule has 106 valence electrons. The maximum atomic E-state index is 13.6.